The number of hydrogen-bond acceptors (Lipinski definition) is 4. The Morgan fingerprint density at radius 3 is 2.24 bits per heavy atom. The smallest absolute Gasteiger partial charge is 0.353 e. The summed E-state index contributed by atoms with van der Waals surface area (Å²) in [7, 11) is 0. The lowest BCUT2D eigenvalue weighted by Gasteiger charge is -2.25. The van der Waals surface area contributed by atoms with Crippen molar-refractivity contribution in [2.45, 2.75) is 12.8 Å². The lowest BCUT2D eigenvalue weighted by molar-refractivity contribution is -0.132. The minimum absolute atomic E-state index is 0.155. The van der Waals surface area contributed by atoms with E-state index in [-0.39, 0.29) is 32.6 Å². The van der Waals surface area contributed by atoms with E-state index < -0.39 is 17.9 Å². The zero-order chi connectivity index (χ0) is 15.7. The Morgan fingerprint density at radius 1 is 1.19 bits per heavy atom. The van der Waals surface area contributed by atoms with Gasteiger partial charge < -0.3 is 10.2 Å². The highest BCUT2D eigenvalue weighted by molar-refractivity contribution is 6.42. The molecule has 0 saturated carbocycles. The molecular formula is C13H10Cl2N2O4. The molecule has 21 heavy (non-hydrogen) atoms. The molecule has 6 nitrogen and oxygen atoms in total. The molecule has 0 bridgehead atoms. The molecular weight excluding hydrogens is 319 g/mol. The van der Waals surface area contributed by atoms with Gasteiger partial charge in [-0.05, 0) is 19.1 Å². The first kappa shape index (κ1) is 15.3. The van der Waals surface area contributed by atoms with Crippen molar-refractivity contribution >= 4 is 40.9 Å². The highest BCUT2D eigenvalue weighted by Crippen LogP contribution is 2.39. The maximum Gasteiger partial charge on any atom is 0.353 e. The molecule has 110 valence electrons. The molecule has 0 radical (unpaired) electrons. The lowest BCUT2D eigenvalue weighted by Crippen LogP contribution is -2.34. The van der Waals surface area contributed by atoms with E-state index in [1.54, 1.807) is 6.07 Å². The van der Waals surface area contributed by atoms with Gasteiger partial charge in [0.05, 0.1) is 11.5 Å². The lowest BCUT2D eigenvalue weighted by atomic mass is 9.84. The molecule has 1 aliphatic heterocycles. The van der Waals surface area contributed by atoms with Crippen molar-refractivity contribution in [2.24, 2.45) is 5.10 Å². The van der Waals surface area contributed by atoms with Crippen LogP contribution in [0.15, 0.2) is 34.6 Å². The molecule has 0 aliphatic carbocycles. The number of carbonyl (C=O) groups is 2. The average Bonchev–Trinajstić information content (AvgIpc) is 2.37. The van der Waals surface area contributed by atoms with Gasteiger partial charge in [0.15, 0.2) is 5.71 Å². The van der Waals surface area contributed by atoms with Crippen LogP contribution in [-0.4, -0.2) is 27.9 Å². The van der Waals surface area contributed by atoms with Gasteiger partial charge in [-0.2, -0.15) is 5.10 Å². The number of hydrazone groups is 1. The van der Waals surface area contributed by atoms with Crippen LogP contribution in [0.5, 0.6) is 0 Å². The Balaban J connectivity index is 2.74. The molecule has 3 N–H and O–H groups in total. The Bertz CT molecular complexity index is 677. The number of hydrogen-bond donors (Lipinski definition) is 3. The summed E-state index contributed by atoms with van der Waals surface area (Å²) in [4.78, 5) is 22.9. The first-order chi connectivity index (χ1) is 9.84. The van der Waals surface area contributed by atoms with Gasteiger partial charge in [0.2, 0.25) is 0 Å². The molecule has 0 fully saturated rings. The second kappa shape index (κ2) is 5.75. The number of carboxylic acids is 2. The van der Waals surface area contributed by atoms with Crippen LogP contribution in [-0.2, 0) is 9.59 Å². The van der Waals surface area contributed by atoms with E-state index >= 15 is 0 Å². The van der Waals surface area contributed by atoms with Crippen molar-refractivity contribution in [3.8, 4) is 0 Å². The number of allylic oxidation sites excluding steroid dienone is 1. The summed E-state index contributed by atoms with van der Waals surface area (Å²) < 4.78 is 0. The van der Waals surface area contributed by atoms with E-state index in [2.05, 4.69) is 10.5 Å². The number of aliphatic carboxylic acids is 2. The largest absolute Gasteiger partial charge is 0.478 e. The van der Waals surface area contributed by atoms with Crippen molar-refractivity contribution in [2.75, 3.05) is 0 Å². The summed E-state index contributed by atoms with van der Waals surface area (Å²) in [5.41, 5.74) is 2.31. The molecule has 1 aromatic rings. The summed E-state index contributed by atoms with van der Waals surface area (Å²) in [6.07, 6.45) is 0. The third-order valence-corrected chi connectivity index (χ3v) is 3.71. The predicted octanol–water partition coefficient (Wildman–Crippen LogP) is 2.48. The van der Waals surface area contributed by atoms with Gasteiger partial charge in [-0.1, -0.05) is 29.3 Å². The van der Waals surface area contributed by atoms with Gasteiger partial charge in [-0.25, -0.2) is 9.59 Å². The van der Waals surface area contributed by atoms with Crippen LogP contribution in [0, 0.1) is 0 Å². The Hall–Kier alpha value is -2.05. The van der Waals surface area contributed by atoms with Crippen LogP contribution in [0.2, 0.25) is 10.0 Å². The summed E-state index contributed by atoms with van der Waals surface area (Å²) in [5, 5.41) is 22.7. The van der Waals surface area contributed by atoms with Crippen molar-refractivity contribution in [3.05, 3.63) is 45.1 Å². The first-order valence-electron chi connectivity index (χ1n) is 5.79. The van der Waals surface area contributed by atoms with E-state index in [0.717, 1.165) is 0 Å². The minimum atomic E-state index is -1.35. The second-order valence-corrected chi connectivity index (χ2v) is 5.14. The normalized spacial score (nSPS) is 18.0. The fraction of sp³-hybridized carbons (Fsp3) is 0.154. The Morgan fingerprint density at radius 2 is 1.76 bits per heavy atom. The number of rotatable bonds is 3. The molecule has 8 heteroatoms. The summed E-state index contributed by atoms with van der Waals surface area (Å²) in [5.74, 6) is -3.77. The van der Waals surface area contributed by atoms with Gasteiger partial charge in [0.1, 0.15) is 0 Å². The zero-order valence-corrected chi connectivity index (χ0v) is 12.2. The topological polar surface area (TPSA) is 99.0 Å². The maximum absolute atomic E-state index is 11.5. The van der Waals surface area contributed by atoms with Crippen LogP contribution in [0.1, 0.15) is 18.4 Å². The van der Waals surface area contributed by atoms with Crippen LogP contribution >= 0.6 is 23.2 Å². The molecule has 0 aromatic heterocycles. The monoisotopic (exact) mass is 328 g/mol. The SMILES string of the molecule is CC1=C(C(=O)O)C(c2c(Cl)cccc2Cl)C(C(=O)O)=NN1. The van der Waals surface area contributed by atoms with E-state index in [1.807, 2.05) is 0 Å². The molecule has 1 atom stereocenters. The standard InChI is InChI=1S/C13H10Cl2N2O4/c1-5-8(12(18)19)10(11(13(20)21)17-16-5)9-6(14)3-2-4-7(9)15/h2-4,10,16H,1H3,(H,18,19)(H,20,21). The Labute approximate surface area is 129 Å². The third-order valence-electron chi connectivity index (χ3n) is 3.05. The van der Waals surface area contributed by atoms with Crippen LogP contribution in [0.4, 0.5) is 0 Å². The molecule has 2 rings (SSSR count). The number of nitrogens with one attached hydrogen (secondary N) is 1. The molecule has 0 amide bonds. The molecule has 1 unspecified atom stereocenters. The molecule has 1 aromatic carbocycles. The number of nitrogens with zero attached hydrogens (tertiary/aromatic N) is 1. The average molecular weight is 329 g/mol. The summed E-state index contributed by atoms with van der Waals surface area (Å²) >= 11 is 12.2. The molecule has 0 spiro atoms. The van der Waals surface area contributed by atoms with Crippen LogP contribution in [0.25, 0.3) is 0 Å². The van der Waals surface area contributed by atoms with Crippen molar-refractivity contribution in [3.63, 3.8) is 0 Å². The highest BCUT2D eigenvalue weighted by atomic mass is 35.5. The number of benzene rings is 1. The maximum atomic E-state index is 11.5. The molecule has 0 saturated heterocycles. The van der Waals surface area contributed by atoms with Gasteiger partial charge in [0, 0.05) is 21.3 Å². The number of halogens is 2. The second-order valence-electron chi connectivity index (χ2n) is 4.33. The summed E-state index contributed by atoms with van der Waals surface area (Å²) in [6, 6.07) is 4.61. The van der Waals surface area contributed by atoms with Gasteiger partial charge in [0.25, 0.3) is 0 Å². The zero-order valence-electron chi connectivity index (χ0n) is 10.7. The summed E-state index contributed by atoms with van der Waals surface area (Å²) in [6.45, 7) is 1.49. The molecule has 1 aliphatic rings. The predicted molar refractivity (Wildman–Crippen MR) is 77.7 cm³/mol. The van der Waals surface area contributed by atoms with E-state index in [9.17, 15) is 19.8 Å². The highest BCUT2D eigenvalue weighted by Gasteiger charge is 2.38. The fourth-order valence-corrected chi connectivity index (χ4v) is 2.76. The number of carboxylic acid groups (broad SMARTS) is 2. The van der Waals surface area contributed by atoms with E-state index in [1.165, 1.54) is 19.1 Å². The fourth-order valence-electron chi connectivity index (χ4n) is 2.14. The quantitative estimate of drug-likeness (QED) is 0.791. The van der Waals surface area contributed by atoms with Gasteiger partial charge in [-0.15, -0.1) is 0 Å². The van der Waals surface area contributed by atoms with Crippen LogP contribution < -0.4 is 5.43 Å². The van der Waals surface area contributed by atoms with Gasteiger partial charge >= 0.3 is 11.9 Å². The van der Waals surface area contributed by atoms with Crippen molar-refractivity contribution in [1.29, 1.82) is 0 Å². The van der Waals surface area contributed by atoms with Crippen molar-refractivity contribution < 1.29 is 19.8 Å². The first-order valence-corrected chi connectivity index (χ1v) is 6.55. The van der Waals surface area contributed by atoms with Crippen LogP contribution in [0.3, 0.4) is 0 Å². The van der Waals surface area contributed by atoms with E-state index in [4.69, 9.17) is 23.2 Å². The minimum Gasteiger partial charge on any atom is -0.478 e. The third kappa shape index (κ3) is 2.72. The van der Waals surface area contributed by atoms with E-state index in [0.29, 0.717) is 0 Å². The Kier molecular flexibility index (Phi) is 4.20. The molecule has 1 heterocycles. The van der Waals surface area contributed by atoms with Gasteiger partial charge in [-0.3, -0.25) is 5.43 Å². The van der Waals surface area contributed by atoms with Crippen molar-refractivity contribution in [1.82, 2.24) is 5.43 Å².